The molecule has 0 heterocycles. The van der Waals surface area contributed by atoms with E-state index in [0.717, 1.165) is 12.8 Å². The lowest BCUT2D eigenvalue weighted by molar-refractivity contribution is 0.444. The Kier molecular flexibility index (Phi) is 8.53. The molecule has 0 aromatic heterocycles. The van der Waals surface area contributed by atoms with Crippen LogP contribution in [0.2, 0.25) is 0 Å². The Morgan fingerprint density at radius 3 is 2.35 bits per heavy atom. The second kappa shape index (κ2) is 10.2. The predicted octanol–water partition coefficient (Wildman–Crippen LogP) is 4.55. The van der Waals surface area contributed by atoms with E-state index in [1.807, 2.05) is 6.21 Å². The molecule has 1 aliphatic carbocycles. The van der Waals surface area contributed by atoms with Gasteiger partial charge in [0.15, 0.2) is 0 Å². The summed E-state index contributed by atoms with van der Waals surface area (Å²) in [6.45, 7) is 3.55. The van der Waals surface area contributed by atoms with E-state index in [9.17, 15) is 0 Å². The molecule has 0 amide bonds. The van der Waals surface area contributed by atoms with Gasteiger partial charge in [0.25, 0.3) is 0 Å². The van der Waals surface area contributed by atoms with Crippen LogP contribution in [0.1, 0.15) is 64.2 Å². The van der Waals surface area contributed by atoms with E-state index in [-0.39, 0.29) is 0 Å². The van der Waals surface area contributed by atoms with Gasteiger partial charge in [-0.05, 0) is 44.7 Å². The first-order valence-corrected chi connectivity index (χ1v) is 7.07. The van der Waals surface area contributed by atoms with E-state index in [1.165, 1.54) is 51.4 Å². The maximum Gasteiger partial charge on any atom is 0.0495 e. The average molecular weight is 234 g/mol. The summed E-state index contributed by atoms with van der Waals surface area (Å²) >= 11 is 0. The Balaban J connectivity index is 1.90. The molecule has 0 aliphatic heterocycles. The number of hydrogen-bond acceptors (Lipinski definition) is 2. The normalized spacial score (nSPS) is 18.1. The summed E-state index contributed by atoms with van der Waals surface area (Å²) < 4.78 is 0. The van der Waals surface area contributed by atoms with E-state index < -0.39 is 0 Å². The fraction of sp³-hybridized carbons (Fsp3) is 0.733. The van der Waals surface area contributed by atoms with Gasteiger partial charge in [-0.15, -0.1) is 0 Å². The van der Waals surface area contributed by atoms with Gasteiger partial charge in [-0.1, -0.05) is 32.3 Å². The minimum absolute atomic E-state index is 0.642. The minimum atomic E-state index is 0.642. The molecule has 0 aromatic rings. The summed E-state index contributed by atoms with van der Waals surface area (Å²) in [7, 11) is 0. The molecular formula is C15H26N2. The van der Waals surface area contributed by atoms with Crippen molar-refractivity contribution in [1.82, 2.24) is 0 Å². The van der Waals surface area contributed by atoms with Crippen molar-refractivity contribution in [2.24, 2.45) is 9.98 Å². The molecule has 0 saturated heterocycles. The summed E-state index contributed by atoms with van der Waals surface area (Å²) in [5, 5.41) is 0. The van der Waals surface area contributed by atoms with Crippen molar-refractivity contribution >= 4 is 12.4 Å². The first kappa shape index (κ1) is 14.1. The minimum Gasteiger partial charge on any atom is -0.294 e. The Labute approximate surface area is 106 Å². The topological polar surface area (TPSA) is 24.7 Å². The maximum atomic E-state index is 4.67. The fourth-order valence-corrected chi connectivity index (χ4v) is 2.25. The van der Waals surface area contributed by atoms with Crippen molar-refractivity contribution in [3.8, 4) is 0 Å². The van der Waals surface area contributed by atoms with Crippen LogP contribution in [-0.4, -0.2) is 18.5 Å². The molecule has 1 saturated carbocycles. The number of nitrogens with zero attached hydrogens (tertiary/aromatic N) is 2. The first-order valence-electron chi connectivity index (χ1n) is 7.07. The highest BCUT2D eigenvalue weighted by atomic mass is 14.8. The second-order valence-electron chi connectivity index (χ2n) is 4.78. The Morgan fingerprint density at radius 1 is 0.941 bits per heavy atom. The number of rotatable bonds is 8. The molecule has 0 aromatic carbocycles. The van der Waals surface area contributed by atoms with Crippen molar-refractivity contribution in [2.75, 3.05) is 0 Å². The van der Waals surface area contributed by atoms with Crippen LogP contribution >= 0.6 is 0 Å². The highest BCUT2D eigenvalue weighted by Gasteiger charge is 2.10. The summed E-state index contributed by atoms with van der Waals surface area (Å²) in [6.07, 6.45) is 18.5. The Hall–Kier alpha value is -0.920. The quantitative estimate of drug-likeness (QED) is 0.434. The molecule has 0 bridgehead atoms. The molecular weight excluding hydrogens is 208 g/mol. The SMILES string of the molecule is C=CN=CCCCCCC=NC1CCCCC1. The lowest BCUT2D eigenvalue weighted by Gasteiger charge is -2.16. The molecule has 0 atom stereocenters. The maximum absolute atomic E-state index is 4.67. The van der Waals surface area contributed by atoms with Crippen molar-refractivity contribution in [3.63, 3.8) is 0 Å². The standard InChI is InChI=1S/C15H26N2/c1-2-16-13-9-4-3-5-10-14-17-15-11-7-6-8-12-15/h2,13-15H,1,3-12H2. The third-order valence-corrected chi connectivity index (χ3v) is 3.27. The van der Waals surface area contributed by atoms with Crippen LogP contribution in [0.3, 0.4) is 0 Å². The molecule has 17 heavy (non-hydrogen) atoms. The van der Waals surface area contributed by atoms with Gasteiger partial charge in [-0.3, -0.25) is 9.98 Å². The highest BCUT2D eigenvalue weighted by Crippen LogP contribution is 2.19. The van der Waals surface area contributed by atoms with Crippen LogP contribution in [0.5, 0.6) is 0 Å². The van der Waals surface area contributed by atoms with Gasteiger partial charge in [-0.2, -0.15) is 0 Å². The van der Waals surface area contributed by atoms with Crippen LogP contribution in [0.15, 0.2) is 22.8 Å². The second-order valence-corrected chi connectivity index (χ2v) is 4.78. The van der Waals surface area contributed by atoms with Gasteiger partial charge >= 0.3 is 0 Å². The molecule has 1 rings (SSSR count). The summed E-state index contributed by atoms with van der Waals surface area (Å²) in [5.41, 5.74) is 0. The van der Waals surface area contributed by atoms with Gasteiger partial charge in [0.1, 0.15) is 0 Å². The van der Waals surface area contributed by atoms with Crippen molar-refractivity contribution in [1.29, 1.82) is 0 Å². The average Bonchev–Trinajstić information content (AvgIpc) is 2.38. The largest absolute Gasteiger partial charge is 0.294 e. The highest BCUT2D eigenvalue weighted by molar-refractivity contribution is 5.58. The predicted molar refractivity (Wildman–Crippen MR) is 77.1 cm³/mol. The molecule has 0 radical (unpaired) electrons. The van der Waals surface area contributed by atoms with Gasteiger partial charge in [-0.25, -0.2) is 0 Å². The van der Waals surface area contributed by atoms with E-state index in [4.69, 9.17) is 0 Å². The molecule has 2 nitrogen and oxygen atoms in total. The smallest absolute Gasteiger partial charge is 0.0495 e. The lowest BCUT2D eigenvalue weighted by atomic mass is 9.96. The molecule has 0 unspecified atom stereocenters. The molecule has 2 heteroatoms. The van der Waals surface area contributed by atoms with Crippen LogP contribution in [0.25, 0.3) is 0 Å². The summed E-state index contributed by atoms with van der Waals surface area (Å²) in [5.74, 6) is 0. The third kappa shape index (κ3) is 7.89. The van der Waals surface area contributed by atoms with E-state index in [0.29, 0.717) is 6.04 Å². The van der Waals surface area contributed by atoms with Crippen LogP contribution in [0, 0.1) is 0 Å². The Morgan fingerprint density at radius 2 is 1.65 bits per heavy atom. The summed E-state index contributed by atoms with van der Waals surface area (Å²) in [4.78, 5) is 8.65. The fourth-order valence-electron chi connectivity index (χ4n) is 2.25. The summed E-state index contributed by atoms with van der Waals surface area (Å²) in [6, 6.07) is 0.642. The van der Waals surface area contributed by atoms with Gasteiger partial charge < -0.3 is 0 Å². The van der Waals surface area contributed by atoms with Crippen LogP contribution in [-0.2, 0) is 0 Å². The van der Waals surface area contributed by atoms with Crippen LogP contribution in [0.4, 0.5) is 0 Å². The van der Waals surface area contributed by atoms with Gasteiger partial charge in [0, 0.05) is 18.5 Å². The van der Waals surface area contributed by atoms with Gasteiger partial charge in [0.05, 0.1) is 0 Å². The number of aliphatic imine (C=N–C) groups is 2. The molecule has 1 aliphatic rings. The Bertz CT molecular complexity index is 237. The molecule has 0 spiro atoms. The number of hydrogen-bond donors (Lipinski definition) is 0. The lowest BCUT2D eigenvalue weighted by Crippen LogP contribution is -2.09. The zero-order chi connectivity index (χ0) is 12.2. The molecule has 0 N–H and O–H groups in total. The zero-order valence-corrected chi connectivity index (χ0v) is 11.0. The van der Waals surface area contributed by atoms with E-state index in [1.54, 1.807) is 6.20 Å². The van der Waals surface area contributed by atoms with E-state index >= 15 is 0 Å². The van der Waals surface area contributed by atoms with Crippen LogP contribution < -0.4 is 0 Å². The van der Waals surface area contributed by atoms with Crippen molar-refractivity contribution in [2.45, 2.75) is 70.3 Å². The van der Waals surface area contributed by atoms with Crippen molar-refractivity contribution < 1.29 is 0 Å². The van der Waals surface area contributed by atoms with Gasteiger partial charge in [0.2, 0.25) is 0 Å². The first-order chi connectivity index (χ1) is 8.43. The van der Waals surface area contributed by atoms with Crippen molar-refractivity contribution in [3.05, 3.63) is 12.8 Å². The number of unbranched alkanes of at least 4 members (excludes halogenated alkanes) is 4. The van der Waals surface area contributed by atoms with E-state index in [2.05, 4.69) is 22.8 Å². The third-order valence-electron chi connectivity index (χ3n) is 3.27. The molecule has 96 valence electrons. The monoisotopic (exact) mass is 234 g/mol. The molecule has 1 fully saturated rings. The zero-order valence-electron chi connectivity index (χ0n) is 11.0.